The minimum atomic E-state index is -0.633. The smallest absolute Gasteiger partial charge is 0.261 e. The van der Waals surface area contributed by atoms with E-state index in [0.29, 0.717) is 11.3 Å². The predicted octanol–water partition coefficient (Wildman–Crippen LogP) is 3.02. The molecule has 4 nitrogen and oxygen atoms in total. The summed E-state index contributed by atoms with van der Waals surface area (Å²) in [4.78, 5) is 17.2. The molecule has 6 heteroatoms. The normalized spacial score (nSPS) is 9.90. The highest BCUT2D eigenvalue weighted by Crippen LogP contribution is 2.20. The van der Waals surface area contributed by atoms with Crippen LogP contribution in [0.1, 0.15) is 15.9 Å². The first-order valence-corrected chi connectivity index (χ1v) is 6.00. The molecule has 1 heterocycles. The summed E-state index contributed by atoms with van der Waals surface area (Å²) in [5.74, 6) is -1.11. The second kappa shape index (κ2) is 5.68. The maximum absolute atomic E-state index is 13.1. The summed E-state index contributed by atoms with van der Waals surface area (Å²) in [7, 11) is 1.53. The lowest BCUT2D eigenvalue weighted by molar-refractivity contribution is 0.0992. The second-order valence-corrected chi connectivity index (χ2v) is 4.37. The standard InChI is InChI=1S/C14H9ClFN3O/c1-19(11-4-2-9(7-17)3-5-11)14(20)12-6-10(16)8-18-13(12)15/h2-6,8H,1H3. The number of rotatable bonds is 2. The van der Waals surface area contributed by atoms with E-state index < -0.39 is 11.7 Å². The second-order valence-electron chi connectivity index (χ2n) is 4.01. The zero-order chi connectivity index (χ0) is 14.7. The van der Waals surface area contributed by atoms with E-state index in [1.54, 1.807) is 24.3 Å². The molecule has 2 rings (SSSR count). The van der Waals surface area contributed by atoms with Gasteiger partial charge in [0.1, 0.15) is 11.0 Å². The first kappa shape index (κ1) is 14.0. The third-order valence-corrected chi connectivity index (χ3v) is 3.03. The molecule has 0 saturated heterocycles. The fourth-order valence-electron chi connectivity index (χ4n) is 1.63. The molecule has 0 radical (unpaired) electrons. The summed E-state index contributed by atoms with van der Waals surface area (Å²) in [5.41, 5.74) is 1.04. The van der Waals surface area contributed by atoms with E-state index in [4.69, 9.17) is 16.9 Å². The third-order valence-electron chi connectivity index (χ3n) is 2.72. The maximum Gasteiger partial charge on any atom is 0.261 e. The minimum Gasteiger partial charge on any atom is -0.311 e. The van der Waals surface area contributed by atoms with Gasteiger partial charge >= 0.3 is 0 Å². The number of nitriles is 1. The fourth-order valence-corrected chi connectivity index (χ4v) is 1.81. The van der Waals surface area contributed by atoms with Crippen LogP contribution in [0.25, 0.3) is 0 Å². The van der Waals surface area contributed by atoms with Crippen molar-refractivity contribution in [2.24, 2.45) is 0 Å². The monoisotopic (exact) mass is 289 g/mol. The molecule has 0 saturated carbocycles. The van der Waals surface area contributed by atoms with Gasteiger partial charge in [-0.15, -0.1) is 0 Å². The number of amides is 1. The van der Waals surface area contributed by atoms with Crippen molar-refractivity contribution >= 4 is 23.2 Å². The highest BCUT2D eigenvalue weighted by Gasteiger charge is 2.18. The van der Waals surface area contributed by atoms with Crippen molar-refractivity contribution in [3.05, 3.63) is 58.6 Å². The van der Waals surface area contributed by atoms with Gasteiger partial charge in [0.15, 0.2) is 0 Å². The van der Waals surface area contributed by atoms with Gasteiger partial charge in [-0.2, -0.15) is 5.26 Å². The Kier molecular flexibility index (Phi) is 3.97. The molecule has 0 bridgehead atoms. The van der Waals surface area contributed by atoms with E-state index in [0.717, 1.165) is 12.3 Å². The lowest BCUT2D eigenvalue weighted by Crippen LogP contribution is -2.26. The molecule has 0 aliphatic rings. The van der Waals surface area contributed by atoms with E-state index in [9.17, 15) is 9.18 Å². The van der Waals surface area contributed by atoms with Crippen LogP contribution in [0.4, 0.5) is 10.1 Å². The van der Waals surface area contributed by atoms with Crippen molar-refractivity contribution in [1.82, 2.24) is 4.98 Å². The Morgan fingerprint density at radius 1 is 1.40 bits per heavy atom. The summed E-state index contributed by atoms with van der Waals surface area (Å²) in [6.07, 6.45) is 0.945. The summed E-state index contributed by atoms with van der Waals surface area (Å²) in [5, 5.41) is 8.66. The number of pyridine rings is 1. The fraction of sp³-hybridized carbons (Fsp3) is 0.0714. The number of benzene rings is 1. The molecule has 2 aromatic rings. The van der Waals surface area contributed by atoms with E-state index in [1.165, 1.54) is 11.9 Å². The molecule has 1 aromatic heterocycles. The topological polar surface area (TPSA) is 57.0 Å². The first-order chi connectivity index (χ1) is 9.52. The van der Waals surface area contributed by atoms with Crippen LogP contribution >= 0.6 is 11.6 Å². The number of carbonyl (C=O) groups is 1. The largest absolute Gasteiger partial charge is 0.311 e. The van der Waals surface area contributed by atoms with Gasteiger partial charge in [0.05, 0.1) is 23.4 Å². The molecular formula is C14H9ClFN3O. The Morgan fingerprint density at radius 2 is 2.05 bits per heavy atom. The Labute approximate surface area is 120 Å². The Bertz CT molecular complexity index is 695. The van der Waals surface area contributed by atoms with Gasteiger partial charge in [0.2, 0.25) is 0 Å². The van der Waals surface area contributed by atoms with Crippen molar-refractivity contribution in [2.75, 3.05) is 11.9 Å². The van der Waals surface area contributed by atoms with Crippen LogP contribution in [0.5, 0.6) is 0 Å². The molecular weight excluding hydrogens is 281 g/mol. The van der Waals surface area contributed by atoms with Crippen molar-refractivity contribution < 1.29 is 9.18 Å². The molecule has 0 aliphatic carbocycles. The molecule has 0 N–H and O–H groups in total. The van der Waals surface area contributed by atoms with Crippen LogP contribution in [0.15, 0.2) is 36.5 Å². The number of halogens is 2. The van der Waals surface area contributed by atoms with Crippen LogP contribution in [-0.4, -0.2) is 17.9 Å². The summed E-state index contributed by atoms with van der Waals surface area (Å²) in [6.45, 7) is 0. The number of carbonyl (C=O) groups excluding carboxylic acids is 1. The van der Waals surface area contributed by atoms with Crippen molar-refractivity contribution in [3.63, 3.8) is 0 Å². The quantitative estimate of drug-likeness (QED) is 0.799. The van der Waals surface area contributed by atoms with Crippen molar-refractivity contribution in [3.8, 4) is 6.07 Å². The van der Waals surface area contributed by atoms with Gasteiger partial charge in [-0.1, -0.05) is 11.6 Å². The van der Waals surface area contributed by atoms with Crippen molar-refractivity contribution in [1.29, 1.82) is 5.26 Å². The first-order valence-electron chi connectivity index (χ1n) is 5.62. The van der Waals surface area contributed by atoms with Crippen molar-refractivity contribution in [2.45, 2.75) is 0 Å². The molecule has 100 valence electrons. The molecule has 0 fully saturated rings. The average molecular weight is 290 g/mol. The van der Waals surface area contributed by atoms with Gasteiger partial charge in [0, 0.05) is 12.7 Å². The molecule has 0 atom stereocenters. The van der Waals surface area contributed by atoms with Gasteiger partial charge in [0.25, 0.3) is 5.91 Å². The zero-order valence-electron chi connectivity index (χ0n) is 10.5. The average Bonchev–Trinajstić information content (AvgIpc) is 2.48. The van der Waals surface area contributed by atoms with Crippen LogP contribution in [-0.2, 0) is 0 Å². The molecule has 1 aromatic carbocycles. The lowest BCUT2D eigenvalue weighted by Gasteiger charge is -2.17. The highest BCUT2D eigenvalue weighted by atomic mass is 35.5. The third kappa shape index (κ3) is 2.76. The van der Waals surface area contributed by atoms with E-state index in [2.05, 4.69) is 4.98 Å². The Balaban J connectivity index is 2.32. The zero-order valence-corrected chi connectivity index (χ0v) is 11.2. The van der Waals surface area contributed by atoms with Crippen LogP contribution < -0.4 is 4.90 Å². The number of hydrogen-bond donors (Lipinski definition) is 0. The lowest BCUT2D eigenvalue weighted by atomic mass is 10.2. The molecule has 0 unspecified atom stereocenters. The van der Waals surface area contributed by atoms with Gasteiger partial charge in [-0.3, -0.25) is 4.79 Å². The number of hydrogen-bond acceptors (Lipinski definition) is 3. The van der Waals surface area contributed by atoms with E-state index >= 15 is 0 Å². The van der Waals surface area contributed by atoms with Crippen LogP contribution in [0.3, 0.4) is 0 Å². The summed E-state index contributed by atoms with van der Waals surface area (Å²) in [6, 6.07) is 9.45. The molecule has 0 aliphatic heterocycles. The molecule has 0 spiro atoms. The number of aromatic nitrogens is 1. The van der Waals surface area contributed by atoms with Gasteiger partial charge in [-0.05, 0) is 30.3 Å². The molecule has 1 amide bonds. The van der Waals surface area contributed by atoms with E-state index in [1.807, 2.05) is 6.07 Å². The number of anilines is 1. The van der Waals surface area contributed by atoms with Crippen LogP contribution in [0.2, 0.25) is 5.15 Å². The van der Waals surface area contributed by atoms with Gasteiger partial charge in [-0.25, -0.2) is 9.37 Å². The molecule has 20 heavy (non-hydrogen) atoms. The van der Waals surface area contributed by atoms with Crippen LogP contribution in [0, 0.1) is 17.1 Å². The minimum absolute atomic E-state index is 0.0153. The SMILES string of the molecule is CN(C(=O)c1cc(F)cnc1Cl)c1ccc(C#N)cc1. The highest BCUT2D eigenvalue weighted by molar-refractivity contribution is 6.33. The predicted molar refractivity (Wildman–Crippen MR) is 73.1 cm³/mol. The Hall–Kier alpha value is -2.45. The van der Waals surface area contributed by atoms with E-state index in [-0.39, 0.29) is 10.7 Å². The maximum atomic E-state index is 13.1. The van der Waals surface area contributed by atoms with Gasteiger partial charge < -0.3 is 4.90 Å². The summed E-state index contributed by atoms with van der Waals surface area (Å²) < 4.78 is 13.1. The summed E-state index contributed by atoms with van der Waals surface area (Å²) >= 11 is 5.80. The Morgan fingerprint density at radius 3 is 2.65 bits per heavy atom. The number of nitrogens with zero attached hydrogens (tertiary/aromatic N) is 3.